The molecule has 3 rings (SSSR count). The fraction of sp³-hybridized carbons (Fsp3) is 0.412. The predicted octanol–water partition coefficient (Wildman–Crippen LogP) is 3.23. The lowest BCUT2D eigenvalue weighted by molar-refractivity contribution is 0.0384. The molecule has 3 nitrogen and oxygen atoms in total. The second-order valence-electron chi connectivity index (χ2n) is 5.29. The minimum Gasteiger partial charge on any atom is -0.380 e. The van der Waals surface area contributed by atoms with Crippen LogP contribution in [0.2, 0.25) is 0 Å². The van der Waals surface area contributed by atoms with E-state index in [1.54, 1.807) is 11.3 Å². The summed E-state index contributed by atoms with van der Waals surface area (Å²) < 4.78 is 5.40. The van der Waals surface area contributed by atoms with Crippen molar-refractivity contribution in [1.82, 2.24) is 4.90 Å². The van der Waals surface area contributed by atoms with E-state index in [1.165, 1.54) is 16.1 Å². The van der Waals surface area contributed by atoms with Crippen molar-refractivity contribution < 1.29 is 4.74 Å². The van der Waals surface area contributed by atoms with Gasteiger partial charge in [-0.15, -0.1) is 11.3 Å². The van der Waals surface area contributed by atoms with E-state index < -0.39 is 0 Å². The minimum absolute atomic E-state index is 0.873. The standard InChI is InChI=1S/C17H22N2OS/c1-2-6-17(18-14-16-5-3-13-21-16)15(4-1)7-8-19-9-11-20-12-10-19/h1-6,13,18H,7-12,14H2. The normalized spacial score (nSPS) is 16.0. The Morgan fingerprint density at radius 2 is 1.95 bits per heavy atom. The van der Waals surface area contributed by atoms with Crippen LogP contribution in [0.5, 0.6) is 0 Å². The van der Waals surface area contributed by atoms with Gasteiger partial charge in [-0.05, 0) is 29.5 Å². The van der Waals surface area contributed by atoms with Gasteiger partial charge in [0.2, 0.25) is 0 Å². The number of morpholine rings is 1. The maximum absolute atomic E-state index is 5.40. The van der Waals surface area contributed by atoms with E-state index in [0.29, 0.717) is 0 Å². The van der Waals surface area contributed by atoms with Crippen LogP contribution in [-0.4, -0.2) is 37.7 Å². The van der Waals surface area contributed by atoms with Gasteiger partial charge in [-0.25, -0.2) is 0 Å². The number of nitrogens with zero attached hydrogens (tertiary/aromatic N) is 1. The van der Waals surface area contributed by atoms with Crippen LogP contribution >= 0.6 is 11.3 Å². The first kappa shape index (κ1) is 14.6. The monoisotopic (exact) mass is 302 g/mol. The van der Waals surface area contributed by atoms with Crippen LogP contribution in [0.25, 0.3) is 0 Å². The molecule has 0 spiro atoms. The molecule has 1 aromatic heterocycles. The molecule has 4 heteroatoms. The van der Waals surface area contributed by atoms with Crippen LogP contribution in [0.15, 0.2) is 41.8 Å². The Bertz CT molecular complexity index is 535. The molecule has 1 aromatic carbocycles. The highest BCUT2D eigenvalue weighted by Gasteiger charge is 2.11. The predicted molar refractivity (Wildman–Crippen MR) is 89.1 cm³/mol. The molecular weight excluding hydrogens is 280 g/mol. The molecule has 1 aliphatic rings. The molecule has 0 aliphatic carbocycles. The number of benzene rings is 1. The van der Waals surface area contributed by atoms with Gasteiger partial charge in [-0.2, -0.15) is 0 Å². The van der Waals surface area contributed by atoms with Crippen LogP contribution in [0.1, 0.15) is 10.4 Å². The Labute approximate surface area is 130 Å². The number of ether oxygens (including phenoxy) is 1. The van der Waals surface area contributed by atoms with Crippen molar-refractivity contribution in [1.29, 1.82) is 0 Å². The van der Waals surface area contributed by atoms with Crippen molar-refractivity contribution in [3.63, 3.8) is 0 Å². The van der Waals surface area contributed by atoms with E-state index in [1.807, 2.05) is 0 Å². The maximum Gasteiger partial charge on any atom is 0.0594 e. The zero-order chi connectivity index (χ0) is 14.3. The molecule has 0 amide bonds. The molecule has 1 fully saturated rings. The quantitative estimate of drug-likeness (QED) is 0.886. The summed E-state index contributed by atoms with van der Waals surface area (Å²) >= 11 is 1.80. The molecule has 2 heterocycles. The SMILES string of the molecule is c1csc(CNc2ccccc2CCN2CCOCC2)c1. The third kappa shape index (κ3) is 4.30. The smallest absolute Gasteiger partial charge is 0.0594 e. The van der Waals surface area contributed by atoms with Gasteiger partial charge in [0.05, 0.1) is 13.2 Å². The molecule has 0 saturated carbocycles. The van der Waals surface area contributed by atoms with Crippen molar-refractivity contribution in [3.05, 3.63) is 52.2 Å². The number of para-hydroxylation sites is 1. The number of hydrogen-bond donors (Lipinski definition) is 1. The van der Waals surface area contributed by atoms with Gasteiger partial charge in [0, 0.05) is 36.7 Å². The molecule has 0 bridgehead atoms. The number of nitrogens with one attached hydrogen (secondary N) is 1. The largest absolute Gasteiger partial charge is 0.380 e. The van der Waals surface area contributed by atoms with Crippen molar-refractivity contribution in [3.8, 4) is 0 Å². The molecule has 112 valence electrons. The summed E-state index contributed by atoms with van der Waals surface area (Å²) in [6.45, 7) is 5.89. The van der Waals surface area contributed by atoms with Gasteiger partial charge < -0.3 is 10.1 Å². The summed E-state index contributed by atoms with van der Waals surface area (Å²) in [5.41, 5.74) is 2.67. The summed E-state index contributed by atoms with van der Waals surface area (Å²) in [4.78, 5) is 3.86. The number of hydrogen-bond acceptors (Lipinski definition) is 4. The average Bonchev–Trinajstić information content (AvgIpc) is 3.06. The van der Waals surface area contributed by atoms with Crippen LogP contribution < -0.4 is 5.32 Å². The van der Waals surface area contributed by atoms with E-state index in [4.69, 9.17) is 4.74 Å². The third-order valence-corrected chi connectivity index (χ3v) is 4.73. The van der Waals surface area contributed by atoms with E-state index in [2.05, 4.69) is 52.0 Å². The molecule has 1 N–H and O–H groups in total. The first-order valence-corrected chi connectivity index (χ1v) is 8.44. The Morgan fingerprint density at radius 3 is 2.76 bits per heavy atom. The minimum atomic E-state index is 0.873. The summed E-state index contributed by atoms with van der Waals surface area (Å²) in [6, 6.07) is 12.9. The van der Waals surface area contributed by atoms with Crippen LogP contribution in [0.4, 0.5) is 5.69 Å². The van der Waals surface area contributed by atoms with Crippen molar-refractivity contribution in [2.45, 2.75) is 13.0 Å². The van der Waals surface area contributed by atoms with Crippen molar-refractivity contribution in [2.75, 3.05) is 38.2 Å². The topological polar surface area (TPSA) is 24.5 Å². The lowest BCUT2D eigenvalue weighted by Crippen LogP contribution is -2.37. The fourth-order valence-electron chi connectivity index (χ4n) is 2.61. The lowest BCUT2D eigenvalue weighted by atomic mass is 10.1. The first-order chi connectivity index (χ1) is 10.4. The number of rotatable bonds is 6. The highest BCUT2D eigenvalue weighted by Crippen LogP contribution is 2.18. The molecular formula is C17H22N2OS. The number of thiophene rings is 1. The molecule has 0 unspecified atom stereocenters. The third-order valence-electron chi connectivity index (χ3n) is 3.85. The molecule has 1 aliphatic heterocycles. The first-order valence-electron chi connectivity index (χ1n) is 7.56. The molecule has 0 atom stereocenters. The average molecular weight is 302 g/mol. The van der Waals surface area contributed by atoms with Gasteiger partial charge >= 0.3 is 0 Å². The zero-order valence-corrected chi connectivity index (χ0v) is 13.1. The van der Waals surface area contributed by atoms with Crippen LogP contribution in [-0.2, 0) is 17.7 Å². The van der Waals surface area contributed by atoms with Crippen LogP contribution in [0, 0.1) is 0 Å². The molecule has 2 aromatic rings. The Hall–Kier alpha value is -1.36. The molecule has 21 heavy (non-hydrogen) atoms. The molecule has 1 saturated heterocycles. The van der Waals surface area contributed by atoms with Gasteiger partial charge in [0.1, 0.15) is 0 Å². The maximum atomic E-state index is 5.40. The second kappa shape index (κ2) is 7.59. The van der Waals surface area contributed by atoms with E-state index in [9.17, 15) is 0 Å². The summed E-state index contributed by atoms with van der Waals surface area (Å²) in [7, 11) is 0. The Kier molecular flexibility index (Phi) is 5.27. The summed E-state index contributed by atoms with van der Waals surface area (Å²) in [5.74, 6) is 0. The van der Waals surface area contributed by atoms with E-state index in [-0.39, 0.29) is 0 Å². The molecule has 0 radical (unpaired) electrons. The second-order valence-corrected chi connectivity index (χ2v) is 6.33. The zero-order valence-electron chi connectivity index (χ0n) is 12.3. The van der Waals surface area contributed by atoms with Gasteiger partial charge in [0.15, 0.2) is 0 Å². The lowest BCUT2D eigenvalue weighted by Gasteiger charge is -2.26. The highest BCUT2D eigenvalue weighted by atomic mass is 32.1. The summed E-state index contributed by atoms with van der Waals surface area (Å²) in [5, 5.41) is 5.70. The fourth-order valence-corrected chi connectivity index (χ4v) is 3.25. The Morgan fingerprint density at radius 1 is 1.10 bits per heavy atom. The van der Waals surface area contributed by atoms with E-state index in [0.717, 1.165) is 45.8 Å². The van der Waals surface area contributed by atoms with Crippen molar-refractivity contribution >= 4 is 17.0 Å². The van der Waals surface area contributed by atoms with Gasteiger partial charge in [-0.3, -0.25) is 4.90 Å². The highest BCUT2D eigenvalue weighted by molar-refractivity contribution is 7.09. The van der Waals surface area contributed by atoms with Crippen molar-refractivity contribution in [2.24, 2.45) is 0 Å². The van der Waals surface area contributed by atoms with Crippen LogP contribution in [0.3, 0.4) is 0 Å². The summed E-state index contributed by atoms with van der Waals surface area (Å²) in [6.07, 6.45) is 1.09. The van der Waals surface area contributed by atoms with Gasteiger partial charge in [-0.1, -0.05) is 24.3 Å². The number of anilines is 1. The van der Waals surface area contributed by atoms with Gasteiger partial charge in [0.25, 0.3) is 0 Å². The van der Waals surface area contributed by atoms with E-state index >= 15 is 0 Å². The Balaban J connectivity index is 1.56.